The standard InChI is InChI=1S/C21H23F3O5S/c1-20-10-9-15-14-5-4-13(19(25)28-2)11-12(14)3-6-16(15)17(20)7-8-18(20)29-30(26,27)21(22,23)24/h4-5,8,11,15-17H,3,6-7,9-10H2,1-2H3/t15-,16-,17+,20+/m1/s1. The zero-order valence-electron chi connectivity index (χ0n) is 16.7. The minimum atomic E-state index is -5.68. The Bertz CT molecular complexity index is 1010. The van der Waals surface area contributed by atoms with Crippen LogP contribution >= 0.6 is 0 Å². The Labute approximate surface area is 173 Å². The highest BCUT2D eigenvalue weighted by molar-refractivity contribution is 7.87. The van der Waals surface area contributed by atoms with Crippen LogP contribution in [0.25, 0.3) is 0 Å². The van der Waals surface area contributed by atoms with Gasteiger partial charge in [-0.05, 0) is 79.2 Å². The summed E-state index contributed by atoms with van der Waals surface area (Å²) >= 11 is 0. The van der Waals surface area contributed by atoms with Crippen molar-refractivity contribution in [3.63, 3.8) is 0 Å². The highest BCUT2D eigenvalue weighted by Crippen LogP contribution is 2.61. The largest absolute Gasteiger partial charge is 0.534 e. The van der Waals surface area contributed by atoms with Crippen molar-refractivity contribution >= 4 is 16.1 Å². The van der Waals surface area contributed by atoms with E-state index in [4.69, 9.17) is 4.74 Å². The Balaban J connectivity index is 1.59. The Morgan fingerprint density at radius 3 is 2.63 bits per heavy atom. The number of benzene rings is 1. The monoisotopic (exact) mass is 444 g/mol. The summed E-state index contributed by atoms with van der Waals surface area (Å²) in [4.78, 5) is 11.8. The van der Waals surface area contributed by atoms with Gasteiger partial charge in [-0.3, -0.25) is 0 Å². The molecule has 0 amide bonds. The first-order valence-electron chi connectivity index (χ1n) is 9.90. The quantitative estimate of drug-likeness (QED) is 0.384. The minimum Gasteiger partial charge on any atom is -0.465 e. The van der Waals surface area contributed by atoms with Crippen molar-refractivity contribution in [2.24, 2.45) is 17.3 Å². The number of methoxy groups -OCH3 is 1. The van der Waals surface area contributed by atoms with Gasteiger partial charge in [-0.25, -0.2) is 4.79 Å². The number of hydrogen-bond donors (Lipinski definition) is 0. The summed E-state index contributed by atoms with van der Waals surface area (Å²) in [7, 11) is -4.34. The van der Waals surface area contributed by atoms with E-state index in [2.05, 4.69) is 4.18 Å². The molecule has 0 radical (unpaired) electrons. The molecule has 1 aromatic rings. The van der Waals surface area contributed by atoms with Crippen molar-refractivity contribution in [1.29, 1.82) is 0 Å². The lowest BCUT2D eigenvalue weighted by atomic mass is 9.55. The van der Waals surface area contributed by atoms with Crippen LogP contribution in [0.15, 0.2) is 30.0 Å². The van der Waals surface area contributed by atoms with E-state index in [9.17, 15) is 26.4 Å². The first-order chi connectivity index (χ1) is 14.0. The number of hydrogen-bond acceptors (Lipinski definition) is 5. The number of rotatable bonds is 3. The van der Waals surface area contributed by atoms with Gasteiger partial charge in [0.25, 0.3) is 0 Å². The number of esters is 1. The third-order valence-corrected chi connectivity index (χ3v) is 8.11. The molecule has 1 aromatic carbocycles. The van der Waals surface area contributed by atoms with Crippen LogP contribution in [0.5, 0.6) is 0 Å². The number of aryl methyl sites for hydroxylation is 1. The fourth-order valence-corrected chi connectivity index (χ4v) is 6.24. The fraction of sp³-hybridized carbons (Fsp3) is 0.571. The van der Waals surface area contributed by atoms with E-state index in [1.165, 1.54) is 18.7 Å². The molecule has 0 saturated heterocycles. The highest BCUT2D eigenvalue weighted by atomic mass is 32.2. The lowest BCUT2D eigenvalue weighted by molar-refractivity contribution is -0.0544. The number of ether oxygens (including phenoxy) is 1. The smallest absolute Gasteiger partial charge is 0.465 e. The number of alkyl halides is 3. The molecule has 0 N–H and O–H groups in total. The van der Waals surface area contributed by atoms with Crippen LogP contribution in [0.4, 0.5) is 13.2 Å². The van der Waals surface area contributed by atoms with Crippen molar-refractivity contribution in [2.45, 2.75) is 50.5 Å². The zero-order chi connectivity index (χ0) is 21.9. The molecule has 0 spiro atoms. The highest BCUT2D eigenvalue weighted by Gasteiger charge is 2.56. The van der Waals surface area contributed by atoms with Crippen LogP contribution in [0, 0.1) is 17.3 Å². The zero-order valence-corrected chi connectivity index (χ0v) is 17.5. The Morgan fingerprint density at radius 1 is 1.23 bits per heavy atom. The SMILES string of the molecule is COC(=O)c1ccc2c(c1)CC[C@@H]1[C@@H]2CC[C@]2(C)C(OS(=O)(=O)C(F)(F)F)=CC[C@@H]12. The summed E-state index contributed by atoms with van der Waals surface area (Å²) < 4.78 is 70.9. The molecule has 164 valence electrons. The van der Waals surface area contributed by atoms with Gasteiger partial charge in [-0.2, -0.15) is 21.6 Å². The summed E-state index contributed by atoms with van der Waals surface area (Å²) in [6, 6.07) is 5.57. The summed E-state index contributed by atoms with van der Waals surface area (Å²) in [5.41, 5.74) is -3.40. The summed E-state index contributed by atoms with van der Waals surface area (Å²) in [5.74, 6) is -0.00121. The van der Waals surface area contributed by atoms with Crippen molar-refractivity contribution in [2.75, 3.05) is 7.11 Å². The van der Waals surface area contributed by atoms with Gasteiger partial charge in [0.1, 0.15) is 5.76 Å². The van der Waals surface area contributed by atoms with Gasteiger partial charge in [0, 0.05) is 5.41 Å². The van der Waals surface area contributed by atoms with E-state index < -0.39 is 21.0 Å². The second-order valence-corrected chi connectivity index (χ2v) is 10.1. The molecule has 0 aromatic heterocycles. The summed E-state index contributed by atoms with van der Waals surface area (Å²) in [6.07, 6.45) is 4.86. The number of halogens is 3. The van der Waals surface area contributed by atoms with Gasteiger partial charge < -0.3 is 8.92 Å². The van der Waals surface area contributed by atoms with Crippen molar-refractivity contribution < 1.29 is 35.3 Å². The Kier molecular flexibility index (Phi) is 4.95. The van der Waals surface area contributed by atoms with Gasteiger partial charge in [-0.1, -0.05) is 13.0 Å². The maximum absolute atomic E-state index is 12.8. The summed E-state index contributed by atoms with van der Waals surface area (Å²) in [5, 5.41) is 0. The van der Waals surface area contributed by atoms with E-state index in [-0.39, 0.29) is 29.5 Å². The predicted octanol–water partition coefficient (Wildman–Crippen LogP) is 4.69. The molecule has 4 rings (SSSR count). The van der Waals surface area contributed by atoms with E-state index in [1.807, 2.05) is 19.1 Å². The minimum absolute atomic E-state index is 0.0168. The second-order valence-electron chi connectivity index (χ2n) is 8.56. The molecule has 1 fully saturated rings. The van der Waals surface area contributed by atoms with Crippen molar-refractivity contribution in [1.82, 2.24) is 0 Å². The Hall–Kier alpha value is -2.03. The predicted molar refractivity (Wildman–Crippen MR) is 102 cm³/mol. The average Bonchev–Trinajstić information content (AvgIpc) is 3.01. The molecule has 3 aliphatic carbocycles. The van der Waals surface area contributed by atoms with Crippen LogP contribution in [-0.2, 0) is 25.5 Å². The summed E-state index contributed by atoms with van der Waals surface area (Å²) in [6.45, 7) is 1.81. The van der Waals surface area contributed by atoms with Crippen LogP contribution < -0.4 is 0 Å². The van der Waals surface area contributed by atoms with Crippen molar-refractivity contribution in [3.05, 3.63) is 46.7 Å². The Morgan fingerprint density at radius 2 is 1.97 bits per heavy atom. The van der Waals surface area contributed by atoms with Gasteiger partial charge in [0.15, 0.2) is 0 Å². The van der Waals surface area contributed by atoms with E-state index in [0.717, 1.165) is 24.8 Å². The number of fused-ring (bicyclic) bond motifs is 5. The topological polar surface area (TPSA) is 69.7 Å². The number of carbonyl (C=O) groups excluding carboxylic acids is 1. The van der Waals surface area contributed by atoms with Gasteiger partial charge in [-0.15, -0.1) is 0 Å². The molecule has 0 unspecified atom stereocenters. The van der Waals surface area contributed by atoms with Gasteiger partial charge in [0.05, 0.1) is 12.7 Å². The molecule has 0 aliphatic heterocycles. The molecule has 0 heterocycles. The first kappa shape index (κ1) is 21.2. The van der Waals surface area contributed by atoms with Crippen LogP contribution in [0.2, 0.25) is 0 Å². The molecule has 30 heavy (non-hydrogen) atoms. The van der Waals surface area contributed by atoms with E-state index >= 15 is 0 Å². The molecule has 5 nitrogen and oxygen atoms in total. The fourth-order valence-electron chi connectivity index (χ4n) is 5.65. The molecule has 9 heteroatoms. The van der Waals surface area contributed by atoms with Crippen LogP contribution in [-0.4, -0.2) is 27.0 Å². The van der Waals surface area contributed by atoms with Crippen molar-refractivity contribution in [3.8, 4) is 0 Å². The molecular formula is C21H23F3O5S. The lowest BCUT2D eigenvalue weighted by Crippen LogP contribution is -2.42. The first-order valence-corrected chi connectivity index (χ1v) is 11.3. The third-order valence-electron chi connectivity index (χ3n) is 7.14. The molecule has 4 atom stereocenters. The normalized spacial score (nSPS) is 30.6. The van der Waals surface area contributed by atoms with Gasteiger partial charge in [0.2, 0.25) is 0 Å². The molecule has 0 bridgehead atoms. The van der Waals surface area contributed by atoms with E-state index in [1.54, 1.807) is 6.07 Å². The molecule has 1 saturated carbocycles. The number of carbonyl (C=O) groups is 1. The number of allylic oxidation sites excluding steroid dienone is 2. The van der Waals surface area contributed by atoms with Crippen LogP contribution in [0.1, 0.15) is 60.0 Å². The van der Waals surface area contributed by atoms with Gasteiger partial charge >= 0.3 is 21.6 Å². The lowest BCUT2D eigenvalue weighted by Gasteiger charge is -2.49. The van der Waals surface area contributed by atoms with Crippen LogP contribution in [0.3, 0.4) is 0 Å². The maximum atomic E-state index is 12.8. The second kappa shape index (κ2) is 7.00. The maximum Gasteiger partial charge on any atom is 0.534 e. The average molecular weight is 444 g/mol. The molecule has 3 aliphatic rings. The van der Waals surface area contributed by atoms with E-state index in [0.29, 0.717) is 18.4 Å². The molecular weight excluding hydrogens is 421 g/mol. The third kappa shape index (κ3) is 3.21.